The first-order valence-corrected chi connectivity index (χ1v) is 10.5. The van der Waals surface area contributed by atoms with E-state index in [0.29, 0.717) is 5.02 Å². The van der Waals surface area contributed by atoms with E-state index in [-0.39, 0.29) is 6.10 Å². The van der Waals surface area contributed by atoms with E-state index in [1.807, 2.05) is 42.6 Å². The summed E-state index contributed by atoms with van der Waals surface area (Å²) in [6, 6.07) is 14.1. The lowest BCUT2D eigenvalue weighted by atomic mass is 9.97. The number of likely N-dealkylation sites (N-methyl/N-ethyl adjacent to an activating group) is 1. The van der Waals surface area contributed by atoms with Gasteiger partial charge in [0.1, 0.15) is 5.75 Å². The van der Waals surface area contributed by atoms with E-state index in [1.54, 1.807) is 0 Å². The van der Waals surface area contributed by atoms with Crippen molar-refractivity contribution < 1.29 is 9.26 Å². The lowest BCUT2D eigenvalue weighted by molar-refractivity contribution is 0.187. The van der Waals surface area contributed by atoms with E-state index in [1.165, 1.54) is 5.56 Å². The van der Waals surface area contributed by atoms with Crippen LogP contribution in [0, 0.1) is 0 Å². The van der Waals surface area contributed by atoms with Crippen LogP contribution in [0.4, 0.5) is 0 Å². The van der Waals surface area contributed by atoms with Crippen LogP contribution in [0.15, 0.2) is 53.2 Å². The molecular weight excluding hydrogens is 398 g/mol. The summed E-state index contributed by atoms with van der Waals surface area (Å²) in [5, 5.41) is 6.10. The van der Waals surface area contributed by atoms with Gasteiger partial charge in [-0.15, -0.1) is 0 Å². The molecule has 6 heteroatoms. The maximum atomic E-state index is 6.52. The molecule has 4 heterocycles. The van der Waals surface area contributed by atoms with Gasteiger partial charge in [-0.2, -0.15) is 0 Å². The Morgan fingerprint density at radius 3 is 2.97 bits per heavy atom. The van der Waals surface area contributed by atoms with E-state index >= 15 is 0 Å². The summed E-state index contributed by atoms with van der Waals surface area (Å²) in [5.41, 5.74) is 6.33. The number of hydrogen-bond donors (Lipinski definition) is 0. The number of fused-ring (bicyclic) bond motifs is 3. The summed E-state index contributed by atoms with van der Waals surface area (Å²) in [6.45, 7) is 1.84. The predicted molar refractivity (Wildman–Crippen MR) is 116 cm³/mol. The van der Waals surface area contributed by atoms with E-state index in [0.717, 1.165) is 70.7 Å². The lowest BCUT2D eigenvalue weighted by Gasteiger charge is -2.22. The van der Waals surface area contributed by atoms with Crippen LogP contribution in [0.25, 0.3) is 22.0 Å². The first kappa shape index (κ1) is 17.9. The quantitative estimate of drug-likeness (QED) is 0.448. The van der Waals surface area contributed by atoms with Crippen LogP contribution in [-0.4, -0.2) is 28.6 Å². The smallest absolute Gasteiger partial charge is 0.182 e. The fourth-order valence-corrected chi connectivity index (χ4v) is 4.86. The monoisotopic (exact) mass is 417 g/mol. The van der Waals surface area contributed by atoms with Crippen LogP contribution in [0.1, 0.15) is 28.7 Å². The topological polar surface area (TPSA) is 51.4 Å². The molecule has 0 radical (unpaired) electrons. The number of para-hydroxylation sites is 1. The fraction of sp³-hybridized carbons (Fsp3) is 0.250. The predicted octanol–water partition coefficient (Wildman–Crippen LogP) is 5.21. The number of nitrogens with zero attached hydrogens (tertiary/aromatic N) is 3. The van der Waals surface area contributed by atoms with Crippen LogP contribution >= 0.6 is 11.6 Å². The average molecular weight is 418 g/mol. The molecular formula is C24H20ClN3O2. The van der Waals surface area contributed by atoms with E-state index in [4.69, 9.17) is 20.9 Å². The van der Waals surface area contributed by atoms with Gasteiger partial charge in [0.15, 0.2) is 11.9 Å². The molecule has 2 aromatic heterocycles. The van der Waals surface area contributed by atoms with Crippen molar-refractivity contribution in [3.63, 3.8) is 0 Å². The van der Waals surface area contributed by atoms with Gasteiger partial charge in [-0.1, -0.05) is 35.0 Å². The van der Waals surface area contributed by atoms with Crippen LogP contribution < -0.4 is 4.74 Å². The minimum Gasteiger partial charge on any atom is -0.481 e. The Kier molecular flexibility index (Phi) is 4.08. The van der Waals surface area contributed by atoms with Crippen molar-refractivity contribution in [1.29, 1.82) is 0 Å². The van der Waals surface area contributed by atoms with E-state index in [9.17, 15) is 0 Å². The van der Waals surface area contributed by atoms with Crippen LogP contribution in [-0.2, 0) is 19.4 Å². The minimum atomic E-state index is -0.187. The van der Waals surface area contributed by atoms with Gasteiger partial charge in [-0.05, 0) is 36.9 Å². The summed E-state index contributed by atoms with van der Waals surface area (Å²) in [6.07, 6.45) is 3.28. The Morgan fingerprint density at radius 2 is 2.03 bits per heavy atom. The summed E-state index contributed by atoms with van der Waals surface area (Å²) >= 11 is 6.52. The third-order valence-corrected chi connectivity index (χ3v) is 6.30. The Labute approximate surface area is 179 Å². The molecule has 0 fully saturated rings. The van der Waals surface area contributed by atoms with Crippen LogP contribution in [0.2, 0.25) is 5.02 Å². The van der Waals surface area contributed by atoms with Gasteiger partial charge in [-0.25, -0.2) is 0 Å². The minimum absolute atomic E-state index is 0.187. The molecule has 0 spiro atoms. The molecule has 2 aromatic carbocycles. The van der Waals surface area contributed by atoms with Crippen molar-refractivity contribution >= 4 is 22.5 Å². The lowest BCUT2D eigenvalue weighted by Crippen LogP contribution is -2.27. The highest BCUT2D eigenvalue weighted by Crippen LogP contribution is 2.47. The highest BCUT2D eigenvalue weighted by molar-refractivity contribution is 6.31. The molecule has 0 amide bonds. The number of aromatic nitrogens is 2. The average Bonchev–Trinajstić information content (AvgIpc) is 3.36. The third-order valence-electron chi connectivity index (χ3n) is 6.09. The number of hydrogen-bond acceptors (Lipinski definition) is 5. The highest BCUT2D eigenvalue weighted by Gasteiger charge is 2.35. The largest absolute Gasteiger partial charge is 0.481 e. The summed E-state index contributed by atoms with van der Waals surface area (Å²) in [5.74, 6) is 1.71. The van der Waals surface area contributed by atoms with E-state index < -0.39 is 0 Å². The molecule has 6 rings (SSSR count). The maximum Gasteiger partial charge on any atom is 0.182 e. The summed E-state index contributed by atoms with van der Waals surface area (Å²) < 4.78 is 12.3. The molecule has 1 unspecified atom stereocenters. The summed E-state index contributed by atoms with van der Waals surface area (Å²) in [7, 11) is 2.12. The van der Waals surface area contributed by atoms with Gasteiger partial charge in [0.05, 0.1) is 11.2 Å². The zero-order valence-electron chi connectivity index (χ0n) is 16.6. The van der Waals surface area contributed by atoms with Gasteiger partial charge in [0, 0.05) is 59.2 Å². The zero-order chi connectivity index (χ0) is 20.2. The van der Waals surface area contributed by atoms with Gasteiger partial charge in [0.25, 0.3) is 0 Å². The molecule has 1 atom stereocenters. The zero-order valence-corrected chi connectivity index (χ0v) is 17.3. The van der Waals surface area contributed by atoms with Crippen molar-refractivity contribution in [3.05, 3.63) is 76.3 Å². The first-order chi connectivity index (χ1) is 14.7. The van der Waals surface area contributed by atoms with Crippen molar-refractivity contribution in [2.45, 2.75) is 25.5 Å². The van der Waals surface area contributed by atoms with Gasteiger partial charge in [0.2, 0.25) is 0 Å². The highest BCUT2D eigenvalue weighted by atomic mass is 35.5. The van der Waals surface area contributed by atoms with Crippen LogP contribution in [0.3, 0.4) is 0 Å². The number of ether oxygens (including phenoxy) is 1. The summed E-state index contributed by atoms with van der Waals surface area (Å²) in [4.78, 5) is 6.78. The fourth-order valence-electron chi connectivity index (χ4n) is 4.62. The third kappa shape index (κ3) is 2.81. The Bertz CT molecular complexity index is 1280. The second-order valence-corrected chi connectivity index (χ2v) is 8.52. The maximum absolute atomic E-state index is 6.52. The number of halogens is 1. The molecule has 30 heavy (non-hydrogen) atoms. The van der Waals surface area contributed by atoms with Crippen molar-refractivity contribution in [3.8, 4) is 16.9 Å². The first-order valence-electron chi connectivity index (χ1n) is 10.2. The molecule has 2 aliphatic heterocycles. The SMILES string of the molecule is CN1CCc2noc(C3Cc4cc(Cl)cc(-c5ccnc6ccccc56)c4O3)c2C1. The molecule has 0 saturated carbocycles. The molecule has 0 N–H and O–H groups in total. The molecule has 4 aromatic rings. The second kappa shape index (κ2) is 6.83. The second-order valence-electron chi connectivity index (χ2n) is 8.09. The Morgan fingerprint density at radius 1 is 1.13 bits per heavy atom. The van der Waals surface area contributed by atoms with E-state index in [2.05, 4.69) is 28.2 Å². The standard InChI is InChI=1S/C24H20ClN3O2/c1-28-9-7-21-19(13-28)24(30-27-21)22-11-14-10-15(25)12-18(23(14)29-22)16-6-8-26-20-5-3-2-4-17(16)20/h2-6,8,10,12,22H,7,9,11,13H2,1H3. The Hall–Kier alpha value is -2.89. The normalized spacial score (nSPS) is 18.3. The molecule has 5 nitrogen and oxygen atoms in total. The van der Waals surface area contributed by atoms with Gasteiger partial charge >= 0.3 is 0 Å². The molecule has 0 bridgehead atoms. The van der Waals surface area contributed by atoms with Gasteiger partial charge in [-0.3, -0.25) is 4.98 Å². The number of rotatable bonds is 2. The van der Waals surface area contributed by atoms with Crippen molar-refractivity contribution in [2.24, 2.45) is 0 Å². The number of pyridine rings is 1. The molecule has 2 aliphatic rings. The molecule has 150 valence electrons. The Balaban J connectivity index is 1.45. The van der Waals surface area contributed by atoms with Crippen molar-refractivity contribution in [2.75, 3.05) is 13.6 Å². The van der Waals surface area contributed by atoms with Crippen molar-refractivity contribution in [1.82, 2.24) is 15.0 Å². The molecule has 0 aliphatic carbocycles. The molecule has 0 saturated heterocycles. The van der Waals surface area contributed by atoms with Gasteiger partial charge < -0.3 is 14.2 Å². The number of benzene rings is 2. The van der Waals surface area contributed by atoms with Crippen LogP contribution in [0.5, 0.6) is 5.75 Å².